The van der Waals surface area contributed by atoms with Crippen molar-refractivity contribution in [1.82, 2.24) is 5.32 Å². The zero-order valence-corrected chi connectivity index (χ0v) is 10.3. The molecule has 4 heteroatoms. The first-order valence-electron chi connectivity index (χ1n) is 6.77. The first-order chi connectivity index (χ1) is 8.19. The Morgan fingerprint density at radius 3 is 2.53 bits per heavy atom. The lowest BCUT2D eigenvalue weighted by atomic mass is 10.0. The van der Waals surface area contributed by atoms with E-state index in [0.717, 1.165) is 0 Å². The van der Waals surface area contributed by atoms with Gasteiger partial charge in [-0.3, -0.25) is 4.79 Å². The maximum absolute atomic E-state index is 11.8. The molecule has 98 valence electrons. The third-order valence-electron chi connectivity index (χ3n) is 4.21. The second-order valence-corrected chi connectivity index (χ2v) is 5.60. The first-order valence-corrected chi connectivity index (χ1v) is 6.77. The lowest BCUT2D eigenvalue weighted by Crippen LogP contribution is -2.34. The molecule has 2 aliphatic rings. The number of nitrogens with one attached hydrogen (secondary N) is 1. The van der Waals surface area contributed by atoms with Crippen LogP contribution in [0.1, 0.15) is 44.9 Å². The van der Waals surface area contributed by atoms with Crippen LogP contribution in [-0.4, -0.2) is 34.9 Å². The van der Waals surface area contributed by atoms with Crippen molar-refractivity contribution in [3.8, 4) is 0 Å². The van der Waals surface area contributed by atoms with Crippen LogP contribution >= 0.6 is 0 Å². The number of aliphatic hydroxyl groups is 2. The summed E-state index contributed by atoms with van der Waals surface area (Å²) in [6.45, 7) is 0.0101. The van der Waals surface area contributed by atoms with Gasteiger partial charge in [-0.25, -0.2) is 0 Å². The monoisotopic (exact) mass is 241 g/mol. The third kappa shape index (κ3) is 3.42. The van der Waals surface area contributed by atoms with Crippen molar-refractivity contribution < 1.29 is 15.0 Å². The molecule has 4 nitrogen and oxygen atoms in total. The van der Waals surface area contributed by atoms with E-state index in [2.05, 4.69) is 5.32 Å². The largest absolute Gasteiger partial charge is 0.396 e. The Morgan fingerprint density at radius 2 is 1.94 bits per heavy atom. The van der Waals surface area contributed by atoms with E-state index < -0.39 is 6.10 Å². The molecule has 3 atom stereocenters. The molecular weight excluding hydrogens is 218 g/mol. The van der Waals surface area contributed by atoms with Crippen LogP contribution in [0.15, 0.2) is 0 Å². The fourth-order valence-corrected chi connectivity index (χ4v) is 3.18. The molecule has 1 amide bonds. The van der Waals surface area contributed by atoms with Crippen LogP contribution in [0.25, 0.3) is 0 Å². The van der Waals surface area contributed by atoms with E-state index in [9.17, 15) is 9.90 Å². The van der Waals surface area contributed by atoms with Gasteiger partial charge in [-0.05, 0) is 31.6 Å². The molecule has 0 radical (unpaired) electrons. The highest BCUT2D eigenvalue weighted by atomic mass is 16.3. The Morgan fingerprint density at radius 1 is 1.24 bits per heavy atom. The molecule has 0 aliphatic heterocycles. The minimum Gasteiger partial charge on any atom is -0.396 e. The van der Waals surface area contributed by atoms with Gasteiger partial charge in [-0.15, -0.1) is 0 Å². The normalized spacial score (nSPS) is 34.1. The fraction of sp³-hybridized carbons (Fsp3) is 0.923. The smallest absolute Gasteiger partial charge is 0.220 e. The summed E-state index contributed by atoms with van der Waals surface area (Å²) in [4.78, 5) is 11.8. The van der Waals surface area contributed by atoms with E-state index >= 15 is 0 Å². The topological polar surface area (TPSA) is 69.6 Å². The van der Waals surface area contributed by atoms with Crippen molar-refractivity contribution in [2.75, 3.05) is 6.61 Å². The fourth-order valence-electron chi connectivity index (χ4n) is 3.18. The highest BCUT2D eigenvalue weighted by Gasteiger charge is 2.33. The molecule has 2 rings (SSSR count). The number of amides is 1. The Bertz CT molecular complexity index is 263. The van der Waals surface area contributed by atoms with Crippen molar-refractivity contribution in [1.29, 1.82) is 0 Å². The molecule has 0 heterocycles. The van der Waals surface area contributed by atoms with Crippen LogP contribution < -0.4 is 5.32 Å². The van der Waals surface area contributed by atoms with Crippen molar-refractivity contribution in [2.24, 2.45) is 11.8 Å². The van der Waals surface area contributed by atoms with E-state index in [-0.39, 0.29) is 24.5 Å². The Hall–Kier alpha value is -0.610. The maximum Gasteiger partial charge on any atom is 0.220 e. The van der Waals surface area contributed by atoms with E-state index in [1.807, 2.05) is 0 Å². The third-order valence-corrected chi connectivity index (χ3v) is 4.21. The van der Waals surface area contributed by atoms with Gasteiger partial charge in [0.05, 0.1) is 6.10 Å². The van der Waals surface area contributed by atoms with Gasteiger partial charge < -0.3 is 15.5 Å². The van der Waals surface area contributed by atoms with E-state index in [0.29, 0.717) is 25.2 Å². The van der Waals surface area contributed by atoms with Crippen molar-refractivity contribution in [3.05, 3.63) is 0 Å². The highest BCUT2D eigenvalue weighted by Crippen LogP contribution is 2.29. The predicted octanol–water partition coefficient (Wildman–Crippen LogP) is 0.815. The van der Waals surface area contributed by atoms with Gasteiger partial charge in [0, 0.05) is 25.0 Å². The van der Waals surface area contributed by atoms with Crippen LogP contribution in [0.2, 0.25) is 0 Å². The second kappa shape index (κ2) is 5.83. The molecule has 0 unspecified atom stereocenters. The zero-order valence-electron chi connectivity index (χ0n) is 10.3. The summed E-state index contributed by atoms with van der Waals surface area (Å²) in [5.74, 6) is 0.620. The van der Waals surface area contributed by atoms with Crippen LogP contribution in [0.3, 0.4) is 0 Å². The summed E-state index contributed by atoms with van der Waals surface area (Å²) in [7, 11) is 0. The molecule has 0 aromatic heterocycles. The number of carbonyl (C=O) groups excluding carboxylic acids is 1. The number of carbonyl (C=O) groups is 1. The first kappa shape index (κ1) is 12.8. The van der Waals surface area contributed by atoms with E-state index in [1.54, 1.807) is 0 Å². The minimum absolute atomic E-state index is 0.0101. The quantitative estimate of drug-likeness (QED) is 0.682. The summed E-state index contributed by atoms with van der Waals surface area (Å²) in [6.07, 6.45) is 6.34. The van der Waals surface area contributed by atoms with E-state index in [4.69, 9.17) is 5.11 Å². The summed E-state index contributed by atoms with van der Waals surface area (Å²) >= 11 is 0. The van der Waals surface area contributed by atoms with Crippen LogP contribution in [0, 0.1) is 11.8 Å². The van der Waals surface area contributed by atoms with Gasteiger partial charge in [0.15, 0.2) is 0 Å². The second-order valence-electron chi connectivity index (χ2n) is 5.60. The molecule has 0 bridgehead atoms. The van der Waals surface area contributed by atoms with Gasteiger partial charge in [0.25, 0.3) is 0 Å². The van der Waals surface area contributed by atoms with Gasteiger partial charge in [-0.2, -0.15) is 0 Å². The average Bonchev–Trinajstić information content (AvgIpc) is 2.88. The van der Waals surface area contributed by atoms with Gasteiger partial charge in [0.2, 0.25) is 5.91 Å². The summed E-state index contributed by atoms with van der Waals surface area (Å²) in [5, 5.41) is 21.7. The summed E-state index contributed by atoms with van der Waals surface area (Å²) in [6, 6.07) is 0.0519. The summed E-state index contributed by atoms with van der Waals surface area (Å²) in [5.41, 5.74) is 0. The number of hydrogen-bond donors (Lipinski definition) is 3. The molecule has 0 aromatic rings. The number of aliphatic hydroxyl groups excluding tert-OH is 2. The van der Waals surface area contributed by atoms with Crippen molar-refractivity contribution >= 4 is 5.91 Å². The molecule has 17 heavy (non-hydrogen) atoms. The number of rotatable bonds is 4. The SMILES string of the molecule is O=C(CC1CCCC1)N[C@H]1C[C@H](CO)[C@H](O)C1. The van der Waals surface area contributed by atoms with E-state index in [1.165, 1.54) is 25.7 Å². The Balaban J connectivity index is 1.71. The molecule has 2 saturated carbocycles. The molecule has 0 spiro atoms. The van der Waals surface area contributed by atoms with Crippen LogP contribution in [0.4, 0.5) is 0 Å². The molecule has 2 aliphatic carbocycles. The predicted molar refractivity (Wildman–Crippen MR) is 64.3 cm³/mol. The molecule has 0 aromatic carbocycles. The maximum atomic E-state index is 11.8. The minimum atomic E-state index is -0.461. The molecule has 3 N–H and O–H groups in total. The summed E-state index contributed by atoms with van der Waals surface area (Å²) < 4.78 is 0. The molecular formula is C13H23NO3. The lowest BCUT2D eigenvalue weighted by Gasteiger charge is -2.14. The van der Waals surface area contributed by atoms with Gasteiger partial charge in [0.1, 0.15) is 0 Å². The van der Waals surface area contributed by atoms with Gasteiger partial charge >= 0.3 is 0 Å². The Labute approximate surface area is 102 Å². The zero-order chi connectivity index (χ0) is 12.3. The van der Waals surface area contributed by atoms with Crippen LogP contribution in [-0.2, 0) is 4.79 Å². The lowest BCUT2D eigenvalue weighted by molar-refractivity contribution is -0.122. The average molecular weight is 241 g/mol. The highest BCUT2D eigenvalue weighted by molar-refractivity contribution is 5.76. The van der Waals surface area contributed by atoms with Crippen molar-refractivity contribution in [2.45, 2.75) is 57.1 Å². The molecule has 2 fully saturated rings. The van der Waals surface area contributed by atoms with Crippen molar-refractivity contribution in [3.63, 3.8) is 0 Å². The standard InChI is InChI=1S/C13H23NO3/c15-8-10-6-11(7-12(10)16)14-13(17)5-9-3-1-2-4-9/h9-12,15-16H,1-8H2,(H,14,17)/t10-,11+,12-/m1/s1. The van der Waals surface area contributed by atoms with Crippen LogP contribution in [0.5, 0.6) is 0 Å². The number of hydrogen-bond acceptors (Lipinski definition) is 3. The van der Waals surface area contributed by atoms with Gasteiger partial charge in [-0.1, -0.05) is 12.8 Å². The Kier molecular flexibility index (Phi) is 4.40. The molecule has 0 saturated heterocycles.